The molecule has 9 nitrogen and oxygen atoms in total. The molecule has 0 N–H and O–H groups in total. The molecule has 34 heavy (non-hydrogen) atoms. The van der Waals surface area contributed by atoms with E-state index in [9.17, 15) is 4.79 Å². The highest BCUT2D eigenvalue weighted by Gasteiger charge is 2.23. The Labute approximate surface area is 198 Å². The molecule has 2 amide bonds. The zero-order valence-electron chi connectivity index (χ0n) is 19.7. The lowest BCUT2D eigenvalue weighted by molar-refractivity contribution is 0.161. The Balaban J connectivity index is 1.40. The third kappa shape index (κ3) is 4.16. The van der Waals surface area contributed by atoms with E-state index in [1.807, 2.05) is 50.7 Å². The summed E-state index contributed by atoms with van der Waals surface area (Å²) in [5.41, 5.74) is 5.01. The lowest BCUT2D eigenvalue weighted by Crippen LogP contribution is -2.52. The highest BCUT2D eigenvalue weighted by atomic mass is 16.2. The van der Waals surface area contributed by atoms with E-state index in [4.69, 9.17) is 4.98 Å². The Morgan fingerprint density at radius 1 is 1.00 bits per heavy atom. The number of pyridine rings is 1. The first-order chi connectivity index (χ1) is 16.5. The molecule has 5 rings (SSSR count). The van der Waals surface area contributed by atoms with Crippen LogP contribution in [0.15, 0.2) is 55.4 Å². The molecule has 0 bridgehead atoms. The predicted molar refractivity (Wildman–Crippen MR) is 132 cm³/mol. The fourth-order valence-electron chi connectivity index (χ4n) is 4.30. The number of amides is 2. The van der Waals surface area contributed by atoms with Crippen LogP contribution in [-0.2, 0) is 7.05 Å². The molecule has 4 heterocycles. The van der Waals surface area contributed by atoms with Gasteiger partial charge >= 0.3 is 6.03 Å². The Bertz CT molecular complexity index is 1310. The Kier molecular flexibility index (Phi) is 5.83. The molecule has 1 aromatic carbocycles. The largest absolute Gasteiger partial charge is 0.353 e. The lowest BCUT2D eigenvalue weighted by Gasteiger charge is -2.37. The summed E-state index contributed by atoms with van der Waals surface area (Å²) in [5.74, 6) is 0.920. The first kappa shape index (κ1) is 21.8. The molecule has 1 aliphatic rings. The maximum absolute atomic E-state index is 12.4. The minimum Gasteiger partial charge on any atom is -0.353 e. The maximum atomic E-state index is 12.4. The first-order valence-corrected chi connectivity index (χ1v) is 11.5. The van der Waals surface area contributed by atoms with Crippen LogP contribution in [0.3, 0.4) is 0 Å². The highest BCUT2D eigenvalue weighted by Crippen LogP contribution is 2.33. The van der Waals surface area contributed by atoms with E-state index in [1.54, 1.807) is 15.9 Å². The summed E-state index contributed by atoms with van der Waals surface area (Å²) in [6, 6.07) is 8.45. The smallest absolute Gasteiger partial charge is 0.319 e. The number of benzene rings is 1. The quantitative estimate of drug-likeness (QED) is 0.469. The van der Waals surface area contributed by atoms with Crippen LogP contribution in [-0.4, -0.2) is 80.3 Å². The van der Waals surface area contributed by atoms with Crippen LogP contribution in [0.2, 0.25) is 0 Å². The van der Waals surface area contributed by atoms with Crippen molar-refractivity contribution in [1.82, 2.24) is 34.5 Å². The van der Waals surface area contributed by atoms with Crippen molar-refractivity contribution in [3.63, 3.8) is 0 Å². The summed E-state index contributed by atoms with van der Waals surface area (Å²) in [7, 11) is 3.75. The Morgan fingerprint density at radius 2 is 1.82 bits per heavy atom. The van der Waals surface area contributed by atoms with Crippen LogP contribution < -0.4 is 4.90 Å². The minimum absolute atomic E-state index is 0.0908. The SMILES string of the molecule is CCN(C)C(=O)N1CCN(c2ccc(-c3cc(-c4cnn(C)c4)cc4ncncc34)cn2)CC1. The number of hydrogen-bond acceptors (Lipinski definition) is 6. The van der Waals surface area contributed by atoms with Gasteiger partial charge < -0.3 is 14.7 Å². The molecule has 1 saturated heterocycles. The first-order valence-electron chi connectivity index (χ1n) is 11.5. The van der Waals surface area contributed by atoms with Crippen LogP contribution >= 0.6 is 0 Å². The van der Waals surface area contributed by atoms with E-state index in [0.717, 1.165) is 52.1 Å². The third-order valence-electron chi connectivity index (χ3n) is 6.40. The second-order valence-electron chi connectivity index (χ2n) is 8.56. The molecule has 1 fully saturated rings. The van der Waals surface area contributed by atoms with E-state index < -0.39 is 0 Å². The van der Waals surface area contributed by atoms with Gasteiger partial charge in [0.25, 0.3) is 0 Å². The molecular weight excluding hydrogens is 428 g/mol. The van der Waals surface area contributed by atoms with Crippen molar-refractivity contribution in [1.29, 1.82) is 0 Å². The number of nitrogens with zero attached hydrogens (tertiary/aromatic N) is 8. The van der Waals surface area contributed by atoms with Gasteiger partial charge in [-0.15, -0.1) is 0 Å². The van der Waals surface area contributed by atoms with Crippen LogP contribution in [0.25, 0.3) is 33.2 Å². The van der Waals surface area contributed by atoms with Gasteiger partial charge in [0.05, 0.1) is 11.7 Å². The average molecular weight is 457 g/mol. The Hall–Kier alpha value is -4.01. The van der Waals surface area contributed by atoms with Crippen molar-refractivity contribution in [2.75, 3.05) is 44.7 Å². The second kappa shape index (κ2) is 9.09. The molecule has 0 spiro atoms. The number of urea groups is 1. The molecule has 174 valence electrons. The molecule has 9 heteroatoms. The van der Waals surface area contributed by atoms with Crippen molar-refractivity contribution in [2.45, 2.75) is 6.92 Å². The van der Waals surface area contributed by atoms with E-state index in [0.29, 0.717) is 19.6 Å². The molecule has 0 unspecified atom stereocenters. The molecule has 4 aromatic rings. The number of rotatable bonds is 4. The van der Waals surface area contributed by atoms with E-state index >= 15 is 0 Å². The summed E-state index contributed by atoms with van der Waals surface area (Å²) in [6.07, 6.45) is 9.18. The summed E-state index contributed by atoms with van der Waals surface area (Å²) in [5, 5.41) is 5.29. The summed E-state index contributed by atoms with van der Waals surface area (Å²) < 4.78 is 1.79. The van der Waals surface area contributed by atoms with Gasteiger partial charge in [-0.1, -0.05) is 0 Å². The third-order valence-corrected chi connectivity index (χ3v) is 6.40. The van der Waals surface area contributed by atoms with Crippen LogP contribution in [0.5, 0.6) is 0 Å². The highest BCUT2D eigenvalue weighted by molar-refractivity contribution is 5.97. The molecular formula is C25H28N8O. The zero-order valence-corrected chi connectivity index (χ0v) is 19.7. The van der Waals surface area contributed by atoms with Crippen molar-refractivity contribution >= 4 is 22.8 Å². The van der Waals surface area contributed by atoms with E-state index in [1.165, 1.54) is 0 Å². The van der Waals surface area contributed by atoms with Crippen LogP contribution in [0.1, 0.15) is 6.92 Å². The lowest BCUT2D eigenvalue weighted by atomic mass is 9.97. The summed E-state index contributed by atoms with van der Waals surface area (Å²) in [6.45, 7) is 5.63. The number of hydrogen-bond donors (Lipinski definition) is 0. The number of piperazine rings is 1. The number of carbonyl (C=O) groups is 1. The van der Waals surface area contributed by atoms with Gasteiger partial charge in [-0.05, 0) is 42.3 Å². The van der Waals surface area contributed by atoms with E-state index in [-0.39, 0.29) is 6.03 Å². The van der Waals surface area contributed by atoms with Gasteiger partial charge in [0.15, 0.2) is 0 Å². The van der Waals surface area contributed by atoms with Gasteiger partial charge in [-0.25, -0.2) is 19.7 Å². The fraction of sp³-hybridized carbons (Fsp3) is 0.320. The minimum atomic E-state index is 0.0908. The molecule has 3 aromatic heterocycles. The van der Waals surface area contributed by atoms with Gasteiger partial charge in [-0.2, -0.15) is 5.10 Å². The predicted octanol–water partition coefficient (Wildman–Crippen LogP) is 3.29. The molecule has 0 atom stereocenters. The van der Waals surface area contributed by atoms with Gasteiger partial charge in [0.2, 0.25) is 0 Å². The van der Waals surface area contributed by atoms with E-state index in [2.05, 4.69) is 44.2 Å². The number of fused-ring (bicyclic) bond motifs is 1. The zero-order chi connectivity index (χ0) is 23.7. The molecule has 1 aliphatic heterocycles. The molecule has 0 saturated carbocycles. The monoisotopic (exact) mass is 456 g/mol. The van der Waals surface area contributed by atoms with Crippen molar-refractivity contribution in [3.8, 4) is 22.3 Å². The number of anilines is 1. The van der Waals surface area contributed by atoms with Gasteiger partial charge in [-0.3, -0.25) is 4.68 Å². The second-order valence-corrected chi connectivity index (χ2v) is 8.56. The topological polar surface area (TPSA) is 83.3 Å². The maximum Gasteiger partial charge on any atom is 0.319 e. The van der Waals surface area contributed by atoms with Crippen molar-refractivity contribution in [3.05, 3.63) is 55.4 Å². The van der Waals surface area contributed by atoms with Crippen LogP contribution in [0, 0.1) is 0 Å². The molecule has 0 aliphatic carbocycles. The number of aryl methyl sites for hydroxylation is 1. The Morgan fingerprint density at radius 3 is 2.50 bits per heavy atom. The standard InChI is InChI=1S/C25H28N8O/c1-4-30(2)25(34)33-9-7-32(8-10-33)24-6-5-18(13-27-24)21-11-19(20-14-29-31(3)16-20)12-23-22(21)15-26-17-28-23/h5-6,11-17H,4,7-10H2,1-3H3. The average Bonchev–Trinajstić information content (AvgIpc) is 3.33. The summed E-state index contributed by atoms with van der Waals surface area (Å²) >= 11 is 0. The van der Waals surface area contributed by atoms with Crippen molar-refractivity contribution < 1.29 is 4.79 Å². The van der Waals surface area contributed by atoms with Gasteiger partial charge in [0.1, 0.15) is 12.1 Å². The normalized spacial score (nSPS) is 14.0. The number of aromatic nitrogens is 5. The molecule has 0 radical (unpaired) electrons. The van der Waals surface area contributed by atoms with Crippen molar-refractivity contribution in [2.24, 2.45) is 7.05 Å². The van der Waals surface area contributed by atoms with Crippen LogP contribution in [0.4, 0.5) is 10.6 Å². The fourth-order valence-corrected chi connectivity index (χ4v) is 4.30. The number of carbonyl (C=O) groups excluding carboxylic acids is 1. The van der Waals surface area contributed by atoms with Gasteiger partial charge in [0, 0.05) is 81.9 Å². The summed E-state index contributed by atoms with van der Waals surface area (Å²) in [4.78, 5) is 31.8.